The highest BCUT2D eigenvalue weighted by Crippen LogP contribution is 2.25. The Morgan fingerprint density at radius 3 is 3.21 bits per heavy atom. The molecule has 0 fully saturated rings. The first-order valence-electron chi connectivity index (χ1n) is 6.05. The summed E-state index contributed by atoms with van der Waals surface area (Å²) in [5.41, 5.74) is 4.89. The van der Waals surface area contributed by atoms with Crippen molar-refractivity contribution in [3.8, 4) is 0 Å². The number of carbonyl (C=O) groups is 1. The quantitative estimate of drug-likeness (QED) is 0.645. The molecule has 0 aromatic carbocycles. The van der Waals surface area contributed by atoms with Crippen molar-refractivity contribution >= 4 is 22.9 Å². The van der Waals surface area contributed by atoms with Crippen molar-refractivity contribution in [1.29, 1.82) is 0 Å². The van der Waals surface area contributed by atoms with Gasteiger partial charge in [-0.25, -0.2) is 0 Å². The fourth-order valence-corrected chi connectivity index (χ4v) is 3.11. The van der Waals surface area contributed by atoms with Crippen LogP contribution in [0.25, 0.3) is 0 Å². The van der Waals surface area contributed by atoms with Gasteiger partial charge in [0.1, 0.15) is 5.69 Å². The minimum atomic E-state index is -0.0473. The zero-order valence-corrected chi connectivity index (χ0v) is 11.1. The van der Waals surface area contributed by atoms with Gasteiger partial charge in [0.15, 0.2) is 0 Å². The van der Waals surface area contributed by atoms with Gasteiger partial charge in [-0.3, -0.25) is 15.6 Å². The van der Waals surface area contributed by atoms with Gasteiger partial charge < -0.3 is 10.3 Å². The van der Waals surface area contributed by atoms with E-state index in [2.05, 4.69) is 21.9 Å². The fourth-order valence-electron chi connectivity index (χ4n) is 2.22. The summed E-state index contributed by atoms with van der Waals surface area (Å²) in [6.07, 6.45) is 2.51. The summed E-state index contributed by atoms with van der Waals surface area (Å²) in [4.78, 5) is 19.7. The molecule has 5 nitrogen and oxygen atoms in total. The number of anilines is 1. The Labute approximate surface area is 115 Å². The standard InChI is InChI=1S/C13H14N4OS/c14-16-10-1-4-15-11(7-10)13(18)17-5-2-12-9(8-17)3-6-19-12/h1,3-4,6-7H,2,5,8,14H2,(H,15,16). The molecular formula is C13H14N4OS. The molecule has 1 amide bonds. The normalized spacial score (nSPS) is 14.1. The number of nitrogens with one attached hydrogen (secondary N) is 1. The summed E-state index contributed by atoms with van der Waals surface area (Å²) in [5.74, 6) is 5.30. The SMILES string of the molecule is NNc1ccnc(C(=O)N2CCc3sccc3C2)c1. The van der Waals surface area contributed by atoms with E-state index in [4.69, 9.17) is 5.84 Å². The van der Waals surface area contributed by atoms with Crippen LogP contribution in [0.3, 0.4) is 0 Å². The topological polar surface area (TPSA) is 71.2 Å². The lowest BCUT2D eigenvalue weighted by atomic mass is 10.1. The van der Waals surface area contributed by atoms with Gasteiger partial charge >= 0.3 is 0 Å². The third-order valence-electron chi connectivity index (χ3n) is 3.24. The third kappa shape index (κ3) is 2.32. The Bertz CT molecular complexity index is 610. The van der Waals surface area contributed by atoms with E-state index in [1.165, 1.54) is 10.4 Å². The number of nitrogen functional groups attached to an aromatic ring is 1. The van der Waals surface area contributed by atoms with Crippen LogP contribution < -0.4 is 11.3 Å². The van der Waals surface area contributed by atoms with Crippen molar-refractivity contribution < 1.29 is 4.79 Å². The van der Waals surface area contributed by atoms with E-state index >= 15 is 0 Å². The van der Waals surface area contributed by atoms with Gasteiger partial charge in [-0.05, 0) is 35.6 Å². The molecule has 0 unspecified atom stereocenters. The summed E-state index contributed by atoms with van der Waals surface area (Å²) in [7, 11) is 0. The number of thiophene rings is 1. The average molecular weight is 274 g/mol. The van der Waals surface area contributed by atoms with E-state index in [-0.39, 0.29) is 5.91 Å². The maximum Gasteiger partial charge on any atom is 0.272 e. The highest BCUT2D eigenvalue weighted by molar-refractivity contribution is 7.10. The smallest absolute Gasteiger partial charge is 0.272 e. The van der Waals surface area contributed by atoms with E-state index in [0.717, 1.165) is 13.0 Å². The number of nitrogens with two attached hydrogens (primary N) is 1. The van der Waals surface area contributed by atoms with Crippen LogP contribution in [0.5, 0.6) is 0 Å². The van der Waals surface area contributed by atoms with Gasteiger partial charge in [-0.15, -0.1) is 11.3 Å². The van der Waals surface area contributed by atoms with Gasteiger partial charge in [0, 0.05) is 24.2 Å². The molecule has 6 heteroatoms. The van der Waals surface area contributed by atoms with Gasteiger partial charge in [-0.1, -0.05) is 0 Å². The minimum Gasteiger partial charge on any atom is -0.333 e. The van der Waals surface area contributed by atoms with Crippen LogP contribution in [0.4, 0.5) is 5.69 Å². The van der Waals surface area contributed by atoms with Gasteiger partial charge in [0.2, 0.25) is 0 Å². The van der Waals surface area contributed by atoms with Crippen LogP contribution in [-0.2, 0) is 13.0 Å². The predicted octanol–water partition coefficient (Wildman–Crippen LogP) is 1.63. The number of amides is 1. The highest BCUT2D eigenvalue weighted by atomic mass is 32.1. The molecule has 3 N–H and O–H groups in total. The molecule has 0 bridgehead atoms. The molecule has 0 atom stereocenters. The van der Waals surface area contributed by atoms with Crippen LogP contribution in [0.15, 0.2) is 29.8 Å². The summed E-state index contributed by atoms with van der Waals surface area (Å²) >= 11 is 1.76. The lowest BCUT2D eigenvalue weighted by Gasteiger charge is -2.26. The number of rotatable bonds is 2. The predicted molar refractivity (Wildman–Crippen MR) is 74.8 cm³/mol. The van der Waals surface area contributed by atoms with Crippen LogP contribution >= 0.6 is 11.3 Å². The average Bonchev–Trinajstić information content (AvgIpc) is 2.94. The third-order valence-corrected chi connectivity index (χ3v) is 4.26. The molecule has 0 radical (unpaired) electrons. The lowest BCUT2D eigenvalue weighted by Crippen LogP contribution is -2.35. The first-order valence-corrected chi connectivity index (χ1v) is 6.93. The molecule has 1 aliphatic rings. The second kappa shape index (κ2) is 4.99. The second-order valence-electron chi connectivity index (χ2n) is 4.42. The lowest BCUT2D eigenvalue weighted by molar-refractivity contribution is 0.0730. The molecule has 0 saturated heterocycles. The van der Waals surface area contributed by atoms with E-state index in [1.54, 1.807) is 29.7 Å². The van der Waals surface area contributed by atoms with Gasteiger partial charge in [-0.2, -0.15) is 0 Å². The molecule has 3 heterocycles. The van der Waals surface area contributed by atoms with Crippen molar-refractivity contribution in [1.82, 2.24) is 9.88 Å². The first kappa shape index (κ1) is 12.1. The summed E-state index contributed by atoms with van der Waals surface area (Å²) in [5, 5.41) is 2.08. The molecule has 0 spiro atoms. The summed E-state index contributed by atoms with van der Waals surface area (Å²) < 4.78 is 0. The van der Waals surface area contributed by atoms with Crippen LogP contribution in [-0.4, -0.2) is 22.3 Å². The molecule has 3 rings (SSSR count). The summed E-state index contributed by atoms with van der Waals surface area (Å²) in [6.45, 7) is 1.41. The van der Waals surface area contributed by atoms with E-state index < -0.39 is 0 Å². The second-order valence-corrected chi connectivity index (χ2v) is 5.42. The van der Waals surface area contributed by atoms with Crippen molar-refractivity contribution in [2.24, 2.45) is 5.84 Å². The Morgan fingerprint density at radius 1 is 1.47 bits per heavy atom. The van der Waals surface area contributed by atoms with Crippen molar-refractivity contribution in [2.45, 2.75) is 13.0 Å². The van der Waals surface area contributed by atoms with Gasteiger partial charge in [0.25, 0.3) is 5.91 Å². The van der Waals surface area contributed by atoms with Crippen LogP contribution in [0.2, 0.25) is 0 Å². The maximum absolute atomic E-state index is 12.4. The molecular weight excluding hydrogens is 260 g/mol. The fraction of sp³-hybridized carbons (Fsp3) is 0.231. The van der Waals surface area contributed by atoms with Crippen molar-refractivity contribution in [3.05, 3.63) is 45.9 Å². The van der Waals surface area contributed by atoms with E-state index in [0.29, 0.717) is 17.9 Å². The number of hydrogen-bond acceptors (Lipinski definition) is 5. The molecule has 1 aliphatic heterocycles. The highest BCUT2D eigenvalue weighted by Gasteiger charge is 2.23. The Balaban J connectivity index is 1.81. The maximum atomic E-state index is 12.4. The first-order chi connectivity index (χ1) is 9.28. The number of nitrogens with zero attached hydrogens (tertiary/aromatic N) is 2. The van der Waals surface area contributed by atoms with Crippen molar-refractivity contribution in [2.75, 3.05) is 12.0 Å². The zero-order valence-electron chi connectivity index (χ0n) is 10.3. The van der Waals surface area contributed by atoms with Crippen molar-refractivity contribution in [3.63, 3.8) is 0 Å². The largest absolute Gasteiger partial charge is 0.333 e. The Kier molecular flexibility index (Phi) is 3.18. The number of hydrogen-bond donors (Lipinski definition) is 2. The molecule has 2 aromatic heterocycles. The number of fused-ring (bicyclic) bond motifs is 1. The molecule has 98 valence electrons. The number of pyridine rings is 1. The van der Waals surface area contributed by atoms with Gasteiger partial charge in [0.05, 0.1) is 5.69 Å². The molecule has 0 aliphatic carbocycles. The van der Waals surface area contributed by atoms with Crippen LogP contribution in [0, 0.1) is 0 Å². The number of hydrazine groups is 1. The number of carbonyl (C=O) groups excluding carboxylic acids is 1. The Hall–Kier alpha value is -1.92. The van der Waals surface area contributed by atoms with E-state index in [1.807, 2.05) is 4.90 Å². The number of aromatic nitrogens is 1. The minimum absolute atomic E-state index is 0.0473. The Morgan fingerprint density at radius 2 is 2.37 bits per heavy atom. The molecule has 0 saturated carbocycles. The zero-order chi connectivity index (χ0) is 13.2. The van der Waals surface area contributed by atoms with E-state index in [9.17, 15) is 4.79 Å². The molecule has 2 aromatic rings. The van der Waals surface area contributed by atoms with Crippen LogP contribution in [0.1, 0.15) is 20.9 Å². The summed E-state index contributed by atoms with van der Waals surface area (Å²) in [6, 6.07) is 5.49. The monoisotopic (exact) mass is 274 g/mol. The molecule has 19 heavy (non-hydrogen) atoms.